The van der Waals surface area contributed by atoms with E-state index in [0.29, 0.717) is 0 Å². The Morgan fingerprint density at radius 1 is 0.750 bits per heavy atom. The highest BCUT2D eigenvalue weighted by atomic mass is 16.5. The fourth-order valence-electron chi connectivity index (χ4n) is 3.23. The summed E-state index contributed by atoms with van der Waals surface area (Å²) >= 11 is 0. The SMILES string of the molecule is COc1ccc([C@H]2Nc3ccccc3[C@@H](c3ccccc3)N2)cc1. The van der Waals surface area contributed by atoms with Crippen molar-refractivity contribution in [3.8, 4) is 5.75 Å². The average Bonchev–Trinajstić information content (AvgIpc) is 2.68. The number of nitrogens with one attached hydrogen (secondary N) is 2. The molecule has 0 unspecified atom stereocenters. The smallest absolute Gasteiger partial charge is 0.118 e. The minimum Gasteiger partial charge on any atom is -0.497 e. The van der Waals surface area contributed by atoms with Crippen molar-refractivity contribution in [2.75, 3.05) is 12.4 Å². The van der Waals surface area contributed by atoms with Crippen molar-refractivity contribution in [3.63, 3.8) is 0 Å². The van der Waals surface area contributed by atoms with Crippen molar-refractivity contribution in [1.29, 1.82) is 0 Å². The van der Waals surface area contributed by atoms with Crippen LogP contribution in [0.1, 0.15) is 28.9 Å². The van der Waals surface area contributed by atoms with Crippen molar-refractivity contribution in [2.45, 2.75) is 12.2 Å². The lowest BCUT2D eigenvalue weighted by Crippen LogP contribution is -2.37. The van der Waals surface area contributed by atoms with Crippen molar-refractivity contribution in [2.24, 2.45) is 0 Å². The van der Waals surface area contributed by atoms with Crippen LogP contribution in [0.25, 0.3) is 0 Å². The maximum absolute atomic E-state index is 5.26. The van der Waals surface area contributed by atoms with Crippen LogP contribution in [-0.2, 0) is 0 Å². The van der Waals surface area contributed by atoms with Crippen LogP contribution in [0.2, 0.25) is 0 Å². The maximum atomic E-state index is 5.26. The highest BCUT2D eigenvalue weighted by molar-refractivity contribution is 5.58. The first-order chi connectivity index (χ1) is 11.8. The molecule has 3 aromatic carbocycles. The molecule has 120 valence electrons. The molecule has 1 aliphatic rings. The first kappa shape index (κ1) is 14.8. The van der Waals surface area contributed by atoms with E-state index in [-0.39, 0.29) is 12.2 Å². The third-order valence-electron chi connectivity index (χ3n) is 4.49. The maximum Gasteiger partial charge on any atom is 0.118 e. The molecule has 3 nitrogen and oxygen atoms in total. The molecule has 0 aromatic heterocycles. The van der Waals surface area contributed by atoms with E-state index < -0.39 is 0 Å². The number of para-hydroxylation sites is 1. The molecular formula is C21H20N2O. The highest BCUT2D eigenvalue weighted by Crippen LogP contribution is 2.36. The van der Waals surface area contributed by atoms with Gasteiger partial charge in [-0.1, -0.05) is 60.7 Å². The van der Waals surface area contributed by atoms with E-state index in [9.17, 15) is 0 Å². The molecule has 2 N–H and O–H groups in total. The molecule has 0 amide bonds. The number of methoxy groups -OCH3 is 1. The van der Waals surface area contributed by atoms with Gasteiger partial charge in [0.05, 0.1) is 13.2 Å². The van der Waals surface area contributed by atoms with E-state index in [2.05, 4.69) is 77.4 Å². The Kier molecular flexibility index (Phi) is 3.93. The number of fused-ring (bicyclic) bond motifs is 1. The van der Waals surface area contributed by atoms with Crippen LogP contribution in [0.4, 0.5) is 5.69 Å². The van der Waals surface area contributed by atoms with E-state index in [4.69, 9.17) is 4.74 Å². The Hall–Kier alpha value is -2.78. The molecule has 0 spiro atoms. The zero-order valence-electron chi connectivity index (χ0n) is 13.6. The number of hydrogen-bond acceptors (Lipinski definition) is 3. The molecule has 0 radical (unpaired) electrons. The van der Waals surface area contributed by atoms with E-state index in [1.54, 1.807) is 7.11 Å². The Morgan fingerprint density at radius 2 is 1.46 bits per heavy atom. The lowest BCUT2D eigenvalue weighted by Gasteiger charge is -2.35. The topological polar surface area (TPSA) is 33.3 Å². The van der Waals surface area contributed by atoms with Gasteiger partial charge in [-0.15, -0.1) is 0 Å². The van der Waals surface area contributed by atoms with Gasteiger partial charge >= 0.3 is 0 Å². The summed E-state index contributed by atoms with van der Waals surface area (Å²) in [5, 5.41) is 7.33. The molecule has 0 bridgehead atoms. The molecule has 0 fully saturated rings. The molecule has 2 atom stereocenters. The van der Waals surface area contributed by atoms with Gasteiger partial charge < -0.3 is 10.1 Å². The molecule has 1 aliphatic heterocycles. The summed E-state index contributed by atoms with van der Waals surface area (Å²) in [7, 11) is 1.69. The zero-order valence-corrected chi connectivity index (χ0v) is 13.6. The Morgan fingerprint density at radius 3 is 2.21 bits per heavy atom. The third kappa shape index (κ3) is 2.74. The number of rotatable bonds is 3. The second kappa shape index (κ2) is 6.38. The number of benzene rings is 3. The summed E-state index contributed by atoms with van der Waals surface area (Å²) < 4.78 is 5.26. The molecule has 24 heavy (non-hydrogen) atoms. The van der Waals surface area contributed by atoms with Gasteiger partial charge in [-0.3, -0.25) is 5.32 Å². The quantitative estimate of drug-likeness (QED) is 0.746. The Labute approximate surface area is 142 Å². The number of hydrogen-bond donors (Lipinski definition) is 2. The number of anilines is 1. The van der Waals surface area contributed by atoms with Crippen molar-refractivity contribution >= 4 is 5.69 Å². The summed E-state index contributed by atoms with van der Waals surface area (Å²) in [5.74, 6) is 0.870. The monoisotopic (exact) mass is 316 g/mol. The lowest BCUT2D eigenvalue weighted by atomic mass is 9.93. The summed E-state index contributed by atoms with van der Waals surface area (Å²) in [4.78, 5) is 0. The molecule has 0 aliphatic carbocycles. The average molecular weight is 316 g/mol. The van der Waals surface area contributed by atoms with Gasteiger partial charge in [0.15, 0.2) is 0 Å². The molecule has 1 heterocycles. The second-order valence-corrected chi connectivity index (χ2v) is 5.95. The van der Waals surface area contributed by atoms with E-state index >= 15 is 0 Å². The van der Waals surface area contributed by atoms with Crippen LogP contribution in [0.15, 0.2) is 78.9 Å². The largest absolute Gasteiger partial charge is 0.497 e. The van der Waals surface area contributed by atoms with Crippen LogP contribution in [-0.4, -0.2) is 7.11 Å². The molecule has 3 aromatic rings. The minimum absolute atomic E-state index is 0.0519. The van der Waals surface area contributed by atoms with Crippen LogP contribution in [0.3, 0.4) is 0 Å². The molecule has 0 saturated heterocycles. The highest BCUT2D eigenvalue weighted by Gasteiger charge is 2.27. The van der Waals surface area contributed by atoms with Crippen LogP contribution >= 0.6 is 0 Å². The predicted octanol–water partition coefficient (Wildman–Crippen LogP) is 4.50. The third-order valence-corrected chi connectivity index (χ3v) is 4.49. The Balaban J connectivity index is 1.72. The molecule has 0 saturated carbocycles. The number of ether oxygens (including phenoxy) is 1. The first-order valence-corrected chi connectivity index (χ1v) is 8.15. The van der Waals surface area contributed by atoms with Gasteiger partial charge in [-0.2, -0.15) is 0 Å². The van der Waals surface area contributed by atoms with Crippen molar-refractivity contribution < 1.29 is 4.74 Å². The predicted molar refractivity (Wildman–Crippen MR) is 97.2 cm³/mol. The van der Waals surface area contributed by atoms with Gasteiger partial charge in [-0.05, 0) is 34.9 Å². The van der Waals surface area contributed by atoms with E-state index in [1.165, 1.54) is 22.4 Å². The van der Waals surface area contributed by atoms with Crippen molar-refractivity contribution in [3.05, 3.63) is 95.6 Å². The summed E-state index contributed by atoms with van der Waals surface area (Å²) in [5.41, 5.74) is 4.90. The molecular weight excluding hydrogens is 296 g/mol. The summed E-state index contributed by atoms with van der Waals surface area (Å²) in [6, 6.07) is 27.4. The lowest BCUT2D eigenvalue weighted by molar-refractivity contribution is 0.414. The first-order valence-electron chi connectivity index (χ1n) is 8.15. The Bertz CT molecular complexity index is 815. The molecule has 4 rings (SSSR count). The van der Waals surface area contributed by atoms with Gasteiger partial charge in [0.25, 0.3) is 0 Å². The van der Waals surface area contributed by atoms with Crippen LogP contribution in [0, 0.1) is 0 Å². The normalized spacial score (nSPS) is 19.2. The minimum atomic E-state index is 0.0519. The second-order valence-electron chi connectivity index (χ2n) is 5.95. The summed E-state index contributed by atoms with van der Waals surface area (Å²) in [6.45, 7) is 0. The standard InChI is InChI=1S/C21H20N2O/c1-24-17-13-11-16(12-14-17)21-22-19-10-6-5-9-18(19)20(23-21)15-7-3-2-4-8-15/h2-14,20-23H,1H3/t20-,21+/m1/s1. The fourth-order valence-corrected chi connectivity index (χ4v) is 3.23. The zero-order chi connectivity index (χ0) is 16.4. The summed E-state index contributed by atoms with van der Waals surface area (Å²) in [6.07, 6.45) is 0.0519. The molecule has 3 heteroatoms. The fraction of sp³-hybridized carbons (Fsp3) is 0.143. The van der Waals surface area contributed by atoms with Gasteiger partial charge in [0, 0.05) is 5.69 Å². The van der Waals surface area contributed by atoms with Crippen molar-refractivity contribution in [1.82, 2.24) is 5.32 Å². The van der Waals surface area contributed by atoms with Gasteiger partial charge in [0.2, 0.25) is 0 Å². The van der Waals surface area contributed by atoms with E-state index in [1.807, 2.05) is 12.1 Å². The van der Waals surface area contributed by atoms with Crippen LogP contribution in [0.5, 0.6) is 5.75 Å². The van der Waals surface area contributed by atoms with Crippen LogP contribution < -0.4 is 15.4 Å². The van der Waals surface area contributed by atoms with E-state index in [0.717, 1.165) is 5.75 Å². The van der Waals surface area contributed by atoms with Gasteiger partial charge in [-0.25, -0.2) is 0 Å². The van der Waals surface area contributed by atoms with Gasteiger partial charge in [0.1, 0.15) is 11.9 Å².